The van der Waals surface area contributed by atoms with Crippen LogP contribution < -0.4 is 0 Å². The van der Waals surface area contributed by atoms with Gasteiger partial charge in [0.05, 0.1) is 31.9 Å². The first-order valence-electron chi connectivity index (χ1n) is 6.09. The van der Waals surface area contributed by atoms with Gasteiger partial charge in [0, 0.05) is 10.6 Å². The molecule has 0 amide bonds. The molecule has 21 heavy (non-hydrogen) atoms. The minimum Gasteiger partial charge on any atom is -0.478 e. The van der Waals surface area contributed by atoms with Gasteiger partial charge in [-0.3, -0.25) is 4.21 Å². The van der Waals surface area contributed by atoms with Crippen molar-refractivity contribution in [3.8, 4) is 0 Å². The van der Waals surface area contributed by atoms with Crippen LogP contribution in [-0.4, -0.2) is 40.0 Å². The molecule has 1 aromatic carbocycles. The first kappa shape index (κ1) is 18.1. The van der Waals surface area contributed by atoms with Crippen molar-refractivity contribution in [1.82, 2.24) is 0 Å². The summed E-state index contributed by atoms with van der Waals surface area (Å²) in [6.45, 7) is 4.74. The minimum absolute atomic E-state index is 0.0468. The minimum atomic E-state index is -3.37. The number of halogens is 1. The van der Waals surface area contributed by atoms with Crippen LogP contribution in [0.4, 0.5) is 0 Å². The lowest BCUT2D eigenvalue weighted by Gasteiger charge is -2.18. The monoisotopic (exact) mass is 352 g/mol. The molecule has 1 N–H and O–H groups in total. The van der Waals surface area contributed by atoms with E-state index in [9.17, 15) is 17.4 Å². The predicted octanol–water partition coefficient (Wildman–Crippen LogP) is 2.36. The number of carboxylic acids is 1. The molecule has 0 aromatic heterocycles. The van der Waals surface area contributed by atoms with Crippen molar-refractivity contribution in [1.29, 1.82) is 0 Å². The van der Waals surface area contributed by atoms with Gasteiger partial charge in [-0.15, -0.1) is 0 Å². The average Bonchev–Trinajstić information content (AvgIpc) is 2.34. The third kappa shape index (κ3) is 4.52. The van der Waals surface area contributed by atoms with Crippen LogP contribution in [0.25, 0.3) is 0 Å². The number of hydrogen-bond donors (Lipinski definition) is 1. The molecule has 0 radical (unpaired) electrons. The van der Waals surface area contributed by atoms with Crippen LogP contribution in [0, 0.1) is 0 Å². The Morgan fingerprint density at radius 2 is 1.90 bits per heavy atom. The molecule has 8 heteroatoms. The number of rotatable bonds is 5. The summed E-state index contributed by atoms with van der Waals surface area (Å²) in [4.78, 5) is 11.2. The lowest BCUT2D eigenvalue weighted by molar-refractivity contribution is 0.0697. The Balaban J connectivity index is 2.92. The highest BCUT2D eigenvalue weighted by Crippen LogP contribution is 2.21. The van der Waals surface area contributed by atoms with E-state index in [1.807, 2.05) is 0 Å². The first-order valence-corrected chi connectivity index (χ1v) is 9.44. The van der Waals surface area contributed by atoms with E-state index in [1.165, 1.54) is 18.2 Å². The summed E-state index contributed by atoms with van der Waals surface area (Å²) in [5.74, 6) is -1.53. The fourth-order valence-corrected chi connectivity index (χ4v) is 4.42. The van der Waals surface area contributed by atoms with Gasteiger partial charge in [0.1, 0.15) is 0 Å². The van der Waals surface area contributed by atoms with Crippen molar-refractivity contribution in [2.45, 2.75) is 30.4 Å². The lowest BCUT2D eigenvalue weighted by atomic mass is 10.2. The van der Waals surface area contributed by atoms with E-state index < -0.39 is 31.4 Å². The Hall–Kier alpha value is -0.920. The summed E-state index contributed by atoms with van der Waals surface area (Å²) in [5, 5.41) is 9.01. The highest BCUT2D eigenvalue weighted by Gasteiger charge is 2.29. The van der Waals surface area contributed by atoms with Gasteiger partial charge in [-0.1, -0.05) is 11.6 Å². The largest absolute Gasteiger partial charge is 0.478 e. The second-order valence-corrected chi connectivity index (χ2v) is 10.3. The molecule has 5 nitrogen and oxygen atoms in total. The molecule has 0 bridgehead atoms. The van der Waals surface area contributed by atoms with E-state index in [4.69, 9.17) is 16.7 Å². The molecule has 0 aliphatic heterocycles. The molecule has 1 atom stereocenters. The fraction of sp³-hybridized carbons (Fsp3) is 0.462. The lowest BCUT2D eigenvalue weighted by Crippen LogP contribution is -2.32. The third-order valence-electron chi connectivity index (χ3n) is 2.90. The maximum atomic E-state index is 12.1. The number of sulfone groups is 1. The van der Waals surface area contributed by atoms with E-state index in [-0.39, 0.29) is 27.0 Å². The summed E-state index contributed by atoms with van der Waals surface area (Å²) in [5.41, 5.74) is -0.152. The van der Waals surface area contributed by atoms with Crippen molar-refractivity contribution in [2.24, 2.45) is 0 Å². The number of benzene rings is 1. The van der Waals surface area contributed by atoms with Crippen LogP contribution in [0.3, 0.4) is 0 Å². The average molecular weight is 353 g/mol. The van der Waals surface area contributed by atoms with Gasteiger partial charge in [-0.05, 0) is 39.0 Å². The fourth-order valence-electron chi connectivity index (χ4n) is 1.42. The maximum absolute atomic E-state index is 12.1. The van der Waals surface area contributed by atoms with E-state index in [2.05, 4.69) is 0 Å². The van der Waals surface area contributed by atoms with Crippen LogP contribution in [0.1, 0.15) is 31.1 Å². The van der Waals surface area contributed by atoms with Crippen LogP contribution in [0.15, 0.2) is 23.1 Å². The molecule has 0 heterocycles. The smallest absolute Gasteiger partial charge is 0.337 e. The summed E-state index contributed by atoms with van der Waals surface area (Å²) in [6.07, 6.45) is 0. The number of hydrogen-bond acceptors (Lipinski definition) is 4. The van der Waals surface area contributed by atoms with E-state index >= 15 is 0 Å². The number of carbonyl (C=O) groups is 1. The molecule has 0 aliphatic carbocycles. The highest BCUT2D eigenvalue weighted by molar-refractivity contribution is 7.94. The van der Waals surface area contributed by atoms with E-state index in [0.717, 1.165) is 0 Å². The van der Waals surface area contributed by atoms with E-state index in [1.54, 1.807) is 20.8 Å². The van der Waals surface area contributed by atoms with Crippen LogP contribution in [0.2, 0.25) is 5.02 Å². The normalized spacial score (nSPS) is 13.9. The van der Waals surface area contributed by atoms with Gasteiger partial charge in [-0.25, -0.2) is 13.2 Å². The molecule has 0 fully saturated rings. The zero-order valence-corrected chi connectivity index (χ0v) is 14.3. The quantitative estimate of drug-likeness (QED) is 0.878. The topological polar surface area (TPSA) is 88.5 Å². The molecule has 0 saturated carbocycles. The van der Waals surface area contributed by atoms with Crippen molar-refractivity contribution >= 4 is 38.2 Å². The standard InChI is InChI=1S/C13H17ClO5S2/c1-13(2,3)21(18,19)7-6-20(17)9-4-5-11(14)10(8-9)12(15)16/h4-5,8H,6-7H2,1-3H3,(H,15,16). The second kappa shape index (κ2) is 6.46. The molecule has 1 unspecified atom stereocenters. The number of aromatic carboxylic acids is 1. The Bertz CT molecular complexity index is 674. The molecule has 0 aliphatic rings. The molecular weight excluding hydrogens is 336 g/mol. The van der Waals surface area contributed by atoms with Crippen LogP contribution >= 0.6 is 11.6 Å². The van der Waals surface area contributed by atoms with E-state index in [0.29, 0.717) is 0 Å². The molecule has 0 spiro atoms. The summed E-state index contributed by atoms with van der Waals surface area (Å²) in [6, 6.07) is 4.00. The zero-order chi connectivity index (χ0) is 16.4. The zero-order valence-electron chi connectivity index (χ0n) is 11.9. The Kier molecular flexibility index (Phi) is 5.57. The second-order valence-electron chi connectivity index (χ2n) is 5.43. The molecular formula is C13H17ClO5S2. The SMILES string of the molecule is CC(C)(C)S(=O)(=O)CCS(=O)c1ccc(Cl)c(C(=O)O)c1. The van der Waals surface area contributed by atoms with Gasteiger partial charge in [-0.2, -0.15) is 0 Å². The molecule has 118 valence electrons. The first-order chi connectivity index (χ1) is 9.45. The van der Waals surface area contributed by atoms with Crippen molar-refractivity contribution in [3.63, 3.8) is 0 Å². The van der Waals surface area contributed by atoms with Crippen molar-refractivity contribution in [3.05, 3.63) is 28.8 Å². The molecule has 1 aromatic rings. The molecule has 1 rings (SSSR count). The Labute approximate surface area is 131 Å². The summed E-state index contributed by atoms with van der Waals surface area (Å²) in [7, 11) is -4.97. The van der Waals surface area contributed by atoms with Gasteiger partial charge >= 0.3 is 5.97 Å². The third-order valence-corrected chi connectivity index (χ3v) is 7.45. The van der Waals surface area contributed by atoms with Crippen molar-refractivity contribution in [2.75, 3.05) is 11.5 Å². The van der Waals surface area contributed by atoms with Gasteiger partial charge in [0.25, 0.3) is 0 Å². The van der Waals surface area contributed by atoms with Crippen LogP contribution in [0.5, 0.6) is 0 Å². The summed E-state index contributed by atoms with van der Waals surface area (Å²) < 4.78 is 35.1. The van der Waals surface area contributed by atoms with Crippen LogP contribution in [-0.2, 0) is 20.6 Å². The maximum Gasteiger partial charge on any atom is 0.337 e. The molecule has 0 saturated heterocycles. The predicted molar refractivity (Wildman–Crippen MR) is 83.2 cm³/mol. The number of carboxylic acid groups (broad SMARTS) is 1. The highest BCUT2D eigenvalue weighted by atomic mass is 35.5. The Morgan fingerprint density at radius 1 is 1.33 bits per heavy atom. The van der Waals surface area contributed by atoms with Crippen molar-refractivity contribution < 1.29 is 22.5 Å². The Morgan fingerprint density at radius 3 is 2.38 bits per heavy atom. The summed E-state index contributed by atoms with van der Waals surface area (Å²) >= 11 is 5.73. The van der Waals surface area contributed by atoms with Gasteiger partial charge < -0.3 is 5.11 Å². The van der Waals surface area contributed by atoms with Gasteiger partial charge in [0.15, 0.2) is 9.84 Å². The van der Waals surface area contributed by atoms with Gasteiger partial charge in [0.2, 0.25) is 0 Å².